The Balaban J connectivity index is 1.73. The van der Waals surface area contributed by atoms with Gasteiger partial charge in [-0.05, 0) is 50.5 Å². The Kier molecular flexibility index (Phi) is 7.01. The van der Waals surface area contributed by atoms with E-state index in [1.54, 1.807) is 4.90 Å². The maximum Gasteiger partial charge on any atom is 0.329 e. The second kappa shape index (κ2) is 8.88. The second-order valence-electron chi connectivity index (χ2n) is 10.4. The van der Waals surface area contributed by atoms with Crippen molar-refractivity contribution in [1.29, 1.82) is 0 Å². The summed E-state index contributed by atoms with van der Waals surface area (Å²) in [5.74, 6) is -0.0993. The fourth-order valence-electron chi connectivity index (χ4n) is 4.67. The summed E-state index contributed by atoms with van der Waals surface area (Å²) in [6.45, 7) is 7.70. The predicted molar refractivity (Wildman–Crippen MR) is 118 cm³/mol. The van der Waals surface area contributed by atoms with Crippen LogP contribution in [-0.4, -0.2) is 81.2 Å². The Bertz CT molecular complexity index is 745. The molecule has 2 heterocycles. The minimum atomic E-state index is -3.16. The molecule has 30 heavy (non-hydrogen) atoms. The van der Waals surface area contributed by atoms with E-state index in [4.69, 9.17) is 10.5 Å². The van der Waals surface area contributed by atoms with Crippen LogP contribution in [0.5, 0.6) is 0 Å². The molecular weight excluding hydrogens is 422 g/mol. The normalized spacial score (nSPS) is 29.1. The largest absolute Gasteiger partial charge is 0.361 e. The first-order chi connectivity index (χ1) is 13.9. The van der Waals surface area contributed by atoms with Crippen molar-refractivity contribution in [2.24, 2.45) is 11.7 Å². The monoisotopic (exact) mass is 459 g/mol. The first-order valence-corrected chi connectivity index (χ1v) is 16.6. The third-order valence-corrected chi connectivity index (χ3v) is 10.2. The molecule has 0 aromatic heterocycles. The van der Waals surface area contributed by atoms with Crippen molar-refractivity contribution in [1.82, 2.24) is 9.80 Å². The molecule has 2 saturated heterocycles. The van der Waals surface area contributed by atoms with Gasteiger partial charge in [0.05, 0.1) is 11.5 Å². The Hall–Kier alpha value is -0.973. The molecule has 3 aliphatic rings. The van der Waals surface area contributed by atoms with Gasteiger partial charge in [0.1, 0.15) is 12.3 Å². The number of nitrogens with two attached hydrogens (primary N) is 1. The molecule has 3 fully saturated rings. The molecule has 3 amide bonds. The van der Waals surface area contributed by atoms with Crippen molar-refractivity contribution in [3.63, 3.8) is 0 Å². The molecule has 0 radical (unpaired) electrons. The standard InChI is InChI=1S/C20H37N3O5SSi/c1-30(2,3)13-10-28-15-22-18(24)20(8-11-29(26,27)12-9-20)23(19(22)25)14-16-4-6-17(21)7-5-16/h16-17H,4-15,21H2,1-3H3. The van der Waals surface area contributed by atoms with Crippen molar-refractivity contribution in [3.05, 3.63) is 0 Å². The maximum absolute atomic E-state index is 13.4. The average Bonchev–Trinajstić information content (AvgIpc) is 2.84. The fraction of sp³-hybridized carbons (Fsp3) is 0.900. The van der Waals surface area contributed by atoms with Crippen LogP contribution in [-0.2, 0) is 19.4 Å². The smallest absolute Gasteiger partial charge is 0.329 e. The van der Waals surface area contributed by atoms with Gasteiger partial charge in [-0.15, -0.1) is 0 Å². The van der Waals surface area contributed by atoms with Crippen LogP contribution in [0.1, 0.15) is 38.5 Å². The highest BCUT2D eigenvalue weighted by molar-refractivity contribution is 7.91. The van der Waals surface area contributed by atoms with Crippen LogP contribution in [0.2, 0.25) is 25.7 Å². The summed E-state index contributed by atoms with van der Waals surface area (Å²) in [5, 5.41) is 0. The number of ether oxygens (including phenoxy) is 1. The predicted octanol–water partition coefficient (Wildman–Crippen LogP) is 2.03. The molecule has 2 aliphatic heterocycles. The summed E-state index contributed by atoms with van der Waals surface area (Å²) in [5.41, 5.74) is 4.98. The van der Waals surface area contributed by atoms with Gasteiger partial charge in [0.25, 0.3) is 5.91 Å². The van der Waals surface area contributed by atoms with E-state index < -0.39 is 23.5 Å². The lowest BCUT2D eigenvalue weighted by Gasteiger charge is -2.40. The number of amides is 3. The molecule has 0 atom stereocenters. The summed E-state index contributed by atoms with van der Waals surface area (Å²) in [6, 6.07) is 0.836. The van der Waals surface area contributed by atoms with Crippen molar-refractivity contribution >= 4 is 29.8 Å². The van der Waals surface area contributed by atoms with Gasteiger partial charge >= 0.3 is 6.03 Å². The highest BCUT2D eigenvalue weighted by atomic mass is 32.2. The Labute approximate surface area is 181 Å². The molecular formula is C20H37N3O5SSi. The number of hydrogen-bond donors (Lipinski definition) is 1. The van der Waals surface area contributed by atoms with Crippen LogP contribution in [0.25, 0.3) is 0 Å². The van der Waals surface area contributed by atoms with Crippen LogP contribution in [0.4, 0.5) is 4.79 Å². The number of carbonyl (C=O) groups is 2. The van der Waals surface area contributed by atoms with Gasteiger partial charge in [-0.3, -0.25) is 4.79 Å². The van der Waals surface area contributed by atoms with Gasteiger partial charge in [-0.25, -0.2) is 18.1 Å². The first-order valence-electron chi connectivity index (χ1n) is 11.1. The first kappa shape index (κ1) is 23.7. The molecule has 0 aromatic carbocycles. The van der Waals surface area contributed by atoms with Crippen LogP contribution < -0.4 is 5.73 Å². The molecule has 0 unspecified atom stereocenters. The molecule has 0 bridgehead atoms. The summed E-state index contributed by atoms with van der Waals surface area (Å²) >= 11 is 0. The lowest BCUT2D eigenvalue weighted by Crippen LogP contribution is -2.55. The van der Waals surface area contributed by atoms with Crippen molar-refractivity contribution < 1.29 is 22.7 Å². The molecule has 3 rings (SSSR count). The van der Waals surface area contributed by atoms with Gasteiger partial charge < -0.3 is 15.4 Å². The van der Waals surface area contributed by atoms with Gasteiger partial charge in [0.2, 0.25) is 0 Å². The topological polar surface area (TPSA) is 110 Å². The molecule has 10 heteroatoms. The van der Waals surface area contributed by atoms with E-state index in [-0.39, 0.29) is 49.1 Å². The van der Waals surface area contributed by atoms with Crippen molar-refractivity contribution in [2.45, 2.75) is 75.8 Å². The van der Waals surface area contributed by atoms with E-state index in [0.717, 1.165) is 31.7 Å². The second-order valence-corrected chi connectivity index (χ2v) is 18.4. The molecule has 2 N–H and O–H groups in total. The maximum atomic E-state index is 13.4. The van der Waals surface area contributed by atoms with E-state index in [2.05, 4.69) is 19.6 Å². The third-order valence-electron chi connectivity index (χ3n) is 6.82. The number of nitrogens with zero attached hydrogens (tertiary/aromatic N) is 2. The zero-order valence-corrected chi connectivity index (χ0v) is 20.4. The molecule has 172 valence electrons. The zero-order valence-electron chi connectivity index (χ0n) is 18.6. The van der Waals surface area contributed by atoms with Crippen LogP contribution in [0.15, 0.2) is 0 Å². The number of sulfone groups is 1. The Morgan fingerprint density at radius 2 is 1.70 bits per heavy atom. The van der Waals surface area contributed by atoms with E-state index in [1.165, 1.54) is 4.90 Å². The Morgan fingerprint density at radius 3 is 2.27 bits per heavy atom. The zero-order chi connectivity index (χ0) is 22.2. The van der Waals surface area contributed by atoms with E-state index >= 15 is 0 Å². The number of carbonyl (C=O) groups excluding carboxylic acids is 2. The summed E-state index contributed by atoms with van der Waals surface area (Å²) in [7, 11) is -4.43. The van der Waals surface area contributed by atoms with Gasteiger partial charge in [-0.2, -0.15) is 0 Å². The van der Waals surface area contributed by atoms with Gasteiger partial charge in [0.15, 0.2) is 9.84 Å². The lowest BCUT2D eigenvalue weighted by atomic mass is 9.84. The van der Waals surface area contributed by atoms with Crippen LogP contribution in [0, 0.1) is 5.92 Å². The summed E-state index contributed by atoms with van der Waals surface area (Å²) in [4.78, 5) is 29.5. The fourth-order valence-corrected chi connectivity index (χ4v) is 6.93. The van der Waals surface area contributed by atoms with E-state index in [0.29, 0.717) is 19.1 Å². The number of rotatable bonds is 7. The number of urea groups is 1. The summed E-state index contributed by atoms with van der Waals surface area (Å²) in [6.07, 6.45) is 4.06. The highest BCUT2D eigenvalue weighted by Crippen LogP contribution is 2.40. The van der Waals surface area contributed by atoms with E-state index in [9.17, 15) is 18.0 Å². The molecule has 0 aromatic rings. The number of imide groups is 1. The minimum Gasteiger partial charge on any atom is -0.361 e. The highest BCUT2D eigenvalue weighted by Gasteiger charge is 2.59. The molecule has 1 spiro atoms. The lowest BCUT2D eigenvalue weighted by molar-refractivity contribution is -0.137. The number of hydrogen-bond acceptors (Lipinski definition) is 6. The Morgan fingerprint density at radius 1 is 1.10 bits per heavy atom. The molecule has 1 aliphatic carbocycles. The molecule has 1 saturated carbocycles. The summed E-state index contributed by atoms with van der Waals surface area (Å²) < 4.78 is 29.8. The van der Waals surface area contributed by atoms with Crippen LogP contribution in [0.3, 0.4) is 0 Å². The van der Waals surface area contributed by atoms with Crippen LogP contribution >= 0.6 is 0 Å². The van der Waals surface area contributed by atoms with E-state index in [1.807, 2.05) is 0 Å². The van der Waals surface area contributed by atoms with Crippen molar-refractivity contribution in [3.8, 4) is 0 Å². The van der Waals surface area contributed by atoms with Gasteiger partial charge in [-0.1, -0.05) is 19.6 Å². The third kappa shape index (κ3) is 5.25. The SMILES string of the molecule is C[Si](C)(C)CCOCN1C(=O)N(CC2CCC(N)CC2)C2(CCS(=O)(=O)CC2)C1=O. The van der Waals surface area contributed by atoms with Crippen molar-refractivity contribution in [2.75, 3.05) is 31.4 Å². The minimum absolute atomic E-state index is 0.0529. The molecule has 8 nitrogen and oxygen atoms in total. The average molecular weight is 460 g/mol. The van der Waals surface area contributed by atoms with Gasteiger partial charge in [0, 0.05) is 27.3 Å². The quantitative estimate of drug-likeness (QED) is 0.354.